The molecule has 0 aliphatic heterocycles. The minimum absolute atomic E-state index is 0.198. The van der Waals surface area contributed by atoms with Crippen molar-refractivity contribution in [3.05, 3.63) is 71.2 Å². The SMILES string of the molecule is N[C@@H](CSCc1nc2ccccn2c1C#Cc1cccc(C(F)(F)F)c1)C(=O)O. The average Bonchev–Trinajstić information content (AvgIpc) is 3.03. The van der Waals surface area contributed by atoms with Crippen molar-refractivity contribution in [2.24, 2.45) is 5.73 Å². The molecule has 2 aromatic heterocycles. The number of rotatable bonds is 5. The number of halogens is 3. The highest BCUT2D eigenvalue weighted by Crippen LogP contribution is 2.29. The zero-order chi connectivity index (χ0) is 21.0. The maximum atomic E-state index is 12.9. The second kappa shape index (κ2) is 8.59. The summed E-state index contributed by atoms with van der Waals surface area (Å²) in [6.45, 7) is 0. The van der Waals surface area contributed by atoms with Gasteiger partial charge in [-0.25, -0.2) is 4.98 Å². The zero-order valence-corrected chi connectivity index (χ0v) is 15.8. The van der Waals surface area contributed by atoms with Gasteiger partial charge in [-0.3, -0.25) is 9.20 Å². The number of carbonyl (C=O) groups is 1. The summed E-state index contributed by atoms with van der Waals surface area (Å²) in [4.78, 5) is 15.3. The van der Waals surface area contributed by atoms with Gasteiger partial charge in [0.05, 0.1) is 11.3 Å². The molecule has 29 heavy (non-hydrogen) atoms. The number of carboxylic acid groups (broad SMARTS) is 1. The maximum absolute atomic E-state index is 12.9. The third-order valence-corrected chi connectivity index (χ3v) is 5.04. The number of nitrogens with zero attached hydrogens (tertiary/aromatic N) is 2. The van der Waals surface area contributed by atoms with E-state index in [4.69, 9.17) is 10.8 Å². The summed E-state index contributed by atoms with van der Waals surface area (Å²) in [7, 11) is 0. The lowest BCUT2D eigenvalue weighted by Crippen LogP contribution is -2.32. The number of hydrogen-bond acceptors (Lipinski definition) is 4. The van der Waals surface area contributed by atoms with Crippen molar-refractivity contribution >= 4 is 23.4 Å². The molecule has 3 N–H and O–H groups in total. The van der Waals surface area contributed by atoms with Crippen LogP contribution in [0.25, 0.3) is 5.65 Å². The quantitative estimate of drug-likeness (QED) is 0.620. The minimum Gasteiger partial charge on any atom is -0.480 e. The standard InChI is InChI=1S/C20H16F3N3O2S/c21-20(22,23)14-5-3-4-13(10-14)7-8-17-16(12-29-11-15(24)19(27)28)25-18-6-1-2-9-26(17)18/h1-6,9-10,15H,11-12,24H2,(H,27,28)/t15-/m0/s1. The molecule has 1 atom stereocenters. The fraction of sp³-hybridized carbons (Fsp3) is 0.200. The largest absolute Gasteiger partial charge is 0.480 e. The Bertz CT molecular complexity index is 1100. The fourth-order valence-electron chi connectivity index (χ4n) is 2.54. The highest BCUT2D eigenvalue weighted by Gasteiger charge is 2.30. The van der Waals surface area contributed by atoms with Crippen molar-refractivity contribution in [3.63, 3.8) is 0 Å². The summed E-state index contributed by atoms with van der Waals surface area (Å²) in [5, 5.41) is 8.88. The van der Waals surface area contributed by atoms with Crippen molar-refractivity contribution in [2.75, 3.05) is 5.75 Å². The van der Waals surface area contributed by atoms with Crippen LogP contribution in [0, 0.1) is 11.8 Å². The molecule has 0 spiro atoms. The minimum atomic E-state index is -4.44. The highest BCUT2D eigenvalue weighted by atomic mass is 32.2. The molecule has 3 aromatic rings. The van der Waals surface area contributed by atoms with E-state index in [1.807, 2.05) is 6.07 Å². The van der Waals surface area contributed by atoms with Crippen molar-refractivity contribution in [1.29, 1.82) is 0 Å². The van der Waals surface area contributed by atoms with Crippen LogP contribution in [0.1, 0.15) is 22.5 Å². The molecule has 0 radical (unpaired) electrons. The second-order valence-electron chi connectivity index (χ2n) is 6.12. The summed E-state index contributed by atoms with van der Waals surface area (Å²) < 4.78 is 40.4. The van der Waals surface area contributed by atoms with Gasteiger partial charge in [0, 0.05) is 23.3 Å². The molecule has 0 bridgehead atoms. The fourth-order valence-corrected chi connectivity index (χ4v) is 3.45. The topological polar surface area (TPSA) is 80.6 Å². The first-order valence-electron chi connectivity index (χ1n) is 8.47. The van der Waals surface area contributed by atoms with Gasteiger partial charge in [0.1, 0.15) is 17.4 Å². The molecular formula is C20H16F3N3O2S. The summed E-state index contributed by atoms with van der Waals surface area (Å²) in [6.07, 6.45) is -2.68. The first kappa shape index (κ1) is 20.8. The lowest BCUT2D eigenvalue weighted by molar-refractivity contribution is -0.138. The molecule has 0 unspecified atom stereocenters. The monoisotopic (exact) mass is 419 g/mol. The number of thioether (sulfide) groups is 1. The van der Waals surface area contributed by atoms with Gasteiger partial charge in [0.25, 0.3) is 0 Å². The Labute approximate surface area is 168 Å². The number of carboxylic acids is 1. The normalized spacial score (nSPS) is 12.4. The Balaban J connectivity index is 1.91. The van der Waals surface area contributed by atoms with Crippen LogP contribution >= 0.6 is 11.8 Å². The molecule has 0 saturated heterocycles. The third-order valence-electron chi connectivity index (χ3n) is 3.97. The molecule has 0 amide bonds. The number of aromatic nitrogens is 2. The van der Waals surface area contributed by atoms with E-state index in [1.165, 1.54) is 23.9 Å². The van der Waals surface area contributed by atoms with Crippen molar-refractivity contribution < 1.29 is 23.1 Å². The van der Waals surface area contributed by atoms with E-state index < -0.39 is 23.8 Å². The molecule has 0 fully saturated rings. The molecule has 5 nitrogen and oxygen atoms in total. The van der Waals surface area contributed by atoms with E-state index in [1.54, 1.807) is 22.7 Å². The predicted molar refractivity (Wildman–Crippen MR) is 104 cm³/mol. The molecule has 0 aliphatic rings. The third kappa shape index (κ3) is 5.10. The van der Waals surface area contributed by atoms with Gasteiger partial charge in [-0.1, -0.05) is 18.1 Å². The van der Waals surface area contributed by atoms with Gasteiger partial charge in [0.2, 0.25) is 0 Å². The number of aliphatic carboxylic acids is 1. The summed E-state index contributed by atoms with van der Waals surface area (Å²) in [5.41, 5.74) is 6.77. The van der Waals surface area contributed by atoms with E-state index in [2.05, 4.69) is 16.8 Å². The highest BCUT2D eigenvalue weighted by molar-refractivity contribution is 7.98. The van der Waals surface area contributed by atoms with Crippen LogP contribution in [0.15, 0.2) is 48.7 Å². The Morgan fingerprint density at radius 1 is 1.24 bits per heavy atom. The van der Waals surface area contributed by atoms with E-state index in [9.17, 15) is 18.0 Å². The molecule has 0 saturated carbocycles. The molecule has 3 rings (SSSR count). The zero-order valence-electron chi connectivity index (χ0n) is 15.0. The summed E-state index contributed by atoms with van der Waals surface area (Å²) in [5.74, 6) is 5.17. The maximum Gasteiger partial charge on any atom is 0.416 e. The number of fused-ring (bicyclic) bond motifs is 1. The van der Waals surface area contributed by atoms with Crippen LogP contribution in [0.3, 0.4) is 0 Å². The summed E-state index contributed by atoms with van der Waals surface area (Å²) in [6, 6.07) is 9.20. The first-order chi connectivity index (χ1) is 13.8. The van der Waals surface area contributed by atoms with Crippen molar-refractivity contribution in [3.8, 4) is 11.8 Å². The predicted octanol–water partition coefficient (Wildman–Crippen LogP) is 3.40. The van der Waals surface area contributed by atoms with Gasteiger partial charge >= 0.3 is 12.1 Å². The van der Waals surface area contributed by atoms with Crippen LogP contribution in [-0.4, -0.2) is 32.3 Å². The van der Waals surface area contributed by atoms with E-state index in [0.29, 0.717) is 22.8 Å². The number of pyridine rings is 1. The lowest BCUT2D eigenvalue weighted by Gasteiger charge is -2.06. The van der Waals surface area contributed by atoms with Crippen LogP contribution in [0.4, 0.5) is 13.2 Å². The van der Waals surface area contributed by atoms with Crippen LogP contribution in [0.5, 0.6) is 0 Å². The number of hydrogen-bond donors (Lipinski definition) is 2. The first-order valence-corrected chi connectivity index (χ1v) is 9.62. The van der Waals surface area contributed by atoms with Crippen LogP contribution in [-0.2, 0) is 16.7 Å². The van der Waals surface area contributed by atoms with Crippen LogP contribution < -0.4 is 5.73 Å². The molecule has 0 aliphatic carbocycles. The Morgan fingerprint density at radius 2 is 2.03 bits per heavy atom. The van der Waals surface area contributed by atoms with E-state index in [0.717, 1.165) is 12.1 Å². The molecule has 1 aromatic carbocycles. The van der Waals surface area contributed by atoms with Crippen molar-refractivity contribution in [1.82, 2.24) is 9.38 Å². The van der Waals surface area contributed by atoms with Gasteiger partial charge in [-0.15, -0.1) is 0 Å². The van der Waals surface area contributed by atoms with E-state index >= 15 is 0 Å². The molecule has 9 heteroatoms. The number of imidazole rings is 1. The number of alkyl halides is 3. The number of benzene rings is 1. The van der Waals surface area contributed by atoms with E-state index in [-0.39, 0.29) is 11.3 Å². The average molecular weight is 419 g/mol. The van der Waals surface area contributed by atoms with Gasteiger partial charge < -0.3 is 10.8 Å². The van der Waals surface area contributed by atoms with Crippen LogP contribution in [0.2, 0.25) is 0 Å². The van der Waals surface area contributed by atoms with Gasteiger partial charge in [-0.2, -0.15) is 24.9 Å². The lowest BCUT2D eigenvalue weighted by atomic mass is 10.1. The second-order valence-corrected chi connectivity index (χ2v) is 7.15. The smallest absolute Gasteiger partial charge is 0.416 e. The molecule has 2 heterocycles. The van der Waals surface area contributed by atoms with Crippen molar-refractivity contribution in [2.45, 2.75) is 18.0 Å². The Morgan fingerprint density at radius 3 is 2.76 bits per heavy atom. The van der Waals surface area contributed by atoms with Gasteiger partial charge in [0.15, 0.2) is 0 Å². The Kier molecular flexibility index (Phi) is 6.15. The Hall–Kier alpha value is -2.96. The number of nitrogens with two attached hydrogens (primary N) is 1. The van der Waals surface area contributed by atoms with Gasteiger partial charge in [-0.05, 0) is 36.3 Å². The molecular weight excluding hydrogens is 403 g/mol. The summed E-state index contributed by atoms with van der Waals surface area (Å²) >= 11 is 1.30. The molecule has 150 valence electrons.